The molecule has 0 spiro atoms. The second-order valence-corrected chi connectivity index (χ2v) is 4.67. The number of aldehydes is 1. The lowest BCUT2D eigenvalue weighted by Gasteiger charge is -2.28. The lowest BCUT2D eigenvalue weighted by molar-refractivity contribution is -0.119. The fourth-order valence-corrected chi connectivity index (χ4v) is 2.38. The highest BCUT2D eigenvalue weighted by Gasteiger charge is 2.25. The standard InChI is InChI=1S/C15H12FNO3/c16-11-3-1-10-2-6-15(19)17(14(10)7-11)8-12-4-5-13(9-18)20-12/h1,3-5,7,9H,2,6,8H2. The number of amides is 1. The van der Waals surface area contributed by atoms with E-state index in [1.165, 1.54) is 17.0 Å². The van der Waals surface area contributed by atoms with Gasteiger partial charge in [0.2, 0.25) is 5.91 Å². The van der Waals surface area contributed by atoms with Crippen molar-refractivity contribution >= 4 is 17.9 Å². The molecular formula is C15H12FNO3. The van der Waals surface area contributed by atoms with E-state index in [2.05, 4.69) is 0 Å². The lowest BCUT2D eigenvalue weighted by Crippen LogP contribution is -2.34. The zero-order valence-electron chi connectivity index (χ0n) is 10.6. The molecule has 0 saturated carbocycles. The minimum absolute atomic E-state index is 0.0767. The molecule has 0 aliphatic carbocycles. The summed E-state index contributed by atoms with van der Waals surface area (Å²) >= 11 is 0. The summed E-state index contributed by atoms with van der Waals surface area (Å²) in [5.41, 5.74) is 1.51. The van der Waals surface area contributed by atoms with Crippen LogP contribution in [0, 0.1) is 5.82 Å². The van der Waals surface area contributed by atoms with Crippen LogP contribution in [0.3, 0.4) is 0 Å². The van der Waals surface area contributed by atoms with Gasteiger partial charge in [0.25, 0.3) is 0 Å². The second kappa shape index (κ2) is 4.92. The number of anilines is 1. The Morgan fingerprint density at radius 1 is 1.25 bits per heavy atom. The quantitative estimate of drug-likeness (QED) is 0.808. The number of aryl methyl sites for hydroxylation is 1. The summed E-state index contributed by atoms with van der Waals surface area (Å²) in [7, 11) is 0. The zero-order chi connectivity index (χ0) is 14.1. The summed E-state index contributed by atoms with van der Waals surface area (Å²) in [6, 6.07) is 7.64. The Balaban J connectivity index is 1.94. The average molecular weight is 273 g/mol. The first kappa shape index (κ1) is 12.6. The van der Waals surface area contributed by atoms with Gasteiger partial charge in [-0.2, -0.15) is 0 Å². The lowest BCUT2D eigenvalue weighted by atomic mass is 10.0. The normalized spacial score (nSPS) is 14.2. The number of hydrogen-bond acceptors (Lipinski definition) is 3. The van der Waals surface area contributed by atoms with E-state index in [9.17, 15) is 14.0 Å². The molecule has 0 fully saturated rings. The fraction of sp³-hybridized carbons (Fsp3) is 0.200. The van der Waals surface area contributed by atoms with Crippen molar-refractivity contribution in [1.82, 2.24) is 0 Å². The van der Waals surface area contributed by atoms with Gasteiger partial charge >= 0.3 is 0 Å². The van der Waals surface area contributed by atoms with Crippen LogP contribution in [0.1, 0.15) is 28.3 Å². The maximum Gasteiger partial charge on any atom is 0.227 e. The summed E-state index contributed by atoms with van der Waals surface area (Å²) in [4.78, 5) is 24.1. The van der Waals surface area contributed by atoms with Gasteiger partial charge in [-0.1, -0.05) is 6.07 Å². The van der Waals surface area contributed by atoms with Gasteiger partial charge in [-0.25, -0.2) is 4.39 Å². The summed E-state index contributed by atoms with van der Waals surface area (Å²) in [5.74, 6) is 0.255. The van der Waals surface area contributed by atoms with E-state index in [0.29, 0.717) is 30.6 Å². The van der Waals surface area contributed by atoms with Crippen LogP contribution >= 0.6 is 0 Å². The van der Waals surface area contributed by atoms with Crippen LogP contribution in [-0.2, 0) is 17.8 Å². The van der Waals surface area contributed by atoms with E-state index in [0.717, 1.165) is 5.56 Å². The smallest absolute Gasteiger partial charge is 0.227 e. The maximum atomic E-state index is 13.4. The summed E-state index contributed by atoms with van der Waals surface area (Å²) in [6.45, 7) is 0.198. The maximum absolute atomic E-state index is 13.4. The van der Waals surface area contributed by atoms with Crippen molar-refractivity contribution in [1.29, 1.82) is 0 Å². The summed E-state index contributed by atoms with van der Waals surface area (Å²) < 4.78 is 18.7. The summed E-state index contributed by atoms with van der Waals surface area (Å²) in [6.07, 6.45) is 1.61. The molecule has 0 bridgehead atoms. The monoisotopic (exact) mass is 273 g/mol. The van der Waals surface area contributed by atoms with Crippen molar-refractivity contribution in [3.63, 3.8) is 0 Å². The van der Waals surface area contributed by atoms with Crippen molar-refractivity contribution in [3.05, 3.63) is 53.2 Å². The van der Waals surface area contributed by atoms with E-state index in [1.807, 2.05) is 0 Å². The number of benzene rings is 1. The van der Waals surface area contributed by atoms with Gasteiger partial charge < -0.3 is 9.32 Å². The van der Waals surface area contributed by atoms with Crippen molar-refractivity contribution in [3.8, 4) is 0 Å². The molecule has 1 aliphatic heterocycles. The van der Waals surface area contributed by atoms with Crippen LogP contribution in [-0.4, -0.2) is 12.2 Å². The predicted octanol–water partition coefficient (Wildman–Crippen LogP) is 2.71. The minimum atomic E-state index is -0.378. The van der Waals surface area contributed by atoms with Gasteiger partial charge in [-0.05, 0) is 36.2 Å². The van der Waals surface area contributed by atoms with Crippen molar-refractivity contribution < 1.29 is 18.4 Å². The molecule has 3 rings (SSSR count). The third-order valence-electron chi connectivity index (χ3n) is 3.36. The average Bonchev–Trinajstić information content (AvgIpc) is 2.90. The Morgan fingerprint density at radius 2 is 2.10 bits per heavy atom. The molecule has 1 amide bonds. The first-order valence-corrected chi connectivity index (χ1v) is 6.30. The Labute approximate surface area is 114 Å². The molecule has 2 heterocycles. The Bertz CT molecular complexity index is 678. The second-order valence-electron chi connectivity index (χ2n) is 4.67. The highest BCUT2D eigenvalue weighted by molar-refractivity contribution is 5.96. The molecule has 0 radical (unpaired) electrons. The predicted molar refractivity (Wildman–Crippen MR) is 70.0 cm³/mol. The third kappa shape index (κ3) is 2.22. The van der Waals surface area contributed by atoms with E-state index in [4.69, 9.17) is 4.42 Å². The number of hydrogen-bond donors (Lipinski definition) is 0. The fourth-order valence-electron chi connectivity index (χ4n) is 2.38. The van der Waals surface area contributed by atoms with Crippen LogP contribution in [0.15, 0.2) is 34.7 Å². The molecule has 0 unspecified atom stereocenters. The molecule has 20 heavy (non-hydrogen) atoms. The Morgan fingerprint density at radius 3 is 2.85 bits per heavy atom. The van der Waals surface area contributed by atoms with E-state index < -0.39 is 0 Å². The Hall–Kier alpha value is -2.43. The molecule has 1 aliphatic rings. The molecular weight excluding hydrogens is 261 g/mol. The molecule has 0 N–H and O–H groups in total. The van der Waals surface area contributed by atoms with Crippen LogP contribution in [0.5, 0.6) is 0 Å². The number of furan rings is 1. The van der Waals surface area contributed by atoms with E-state index in [1.54, 1.807) is 18.2 Å². The van der Waals surface area contributed by atoms with Crippen molar-refractivity contribution in [2.24, 2.45) is 0 Å². The Kier molecular flexibility index (Phi) is 3.10. The molecule has 5 heteroatoms. The number of rotatable bonds is 3. The molecule has 4 nitrogen and oxygen atoms in total. The van der Waals surface area contributed by atoms with Gasteiger partial charge in [0.15, 0.2) is 12.0 Å². The first-order valence-electron chi connectivity index (χ1n) is 6.30. The molecule has 1 aromatic heterocycles. The number of nitrogens with zero attached hydrogens (tertiary/aromatic N) is 1. The minimum Gasteiger partial charge on any atom is -0.456 e. The highest BCUT2D eigenvalue weighted by Crippen LogP contribution is 2.30. The first-order chi connectivity index (χ1) is 9.67. The van der Waals surface area contributed by atoms with Crippen LogP contribution in [0.4, 0.5) is 10.1 Å². The number of fused-ring (bicyclic) bond motifs is 1. The van der Waals surface area contributed by atoms with Gasteiger partial charge in [-0.15, -0.1) is 0 Å². The highest BCUT2D eigenvalue weighted by atomic mass is 19.1. The molecule has 1 aromatic carbocycles. The van der Waals surface area contributed by atoms with Gasteiger partial charge in [0, 0.05) is 6.42 Å². The van der Waals surface area contributed by atoms with E-state index in [-0.39, 0.29) is 24.0 Å². The third-order valence-corrected chi connectivity index (χ3v) is 3.36. The van der Waals surface area contributed by atoms with Gasteiger partial charge in [0.05, 0.1) is 12.2 Å². The van der Waals surface area contributed by atoms with Gasteiger partial charge in [-0.3, -0.25) is 9.59 Å². The number of carbonyl (C=O) groups excluding carboxylic acids is 2. The molecule has 102 valence electrons. The molecule has 0 atom stereocenters. The van der Waals surface area contributed by atoms with Crippen molar-refractivity contribution in [2.45, 2.75) is 19.4 Å². The van der Waals surface area contributed by atoms with Gasteiger partial charge in [0.1, 0.15) is 11.6 Å². The SMILES string of the molecule is O=Cc1ccc(CN2C(=O)CCc3ccc(F)cc32)o1. The number of carbonyl (C=O) groups is 2. The van der Waals surface area contributed by atoms with E-state index >= 15 is 0 Å². The van der Waals surface area contributed by atoms with Crippen LogP contribution < -0.4 is 4.90 Å². The summed E-state index contributed by atoms with van der Waals surface area (Å²) in [5, 5.41) is 0. The topological polar surface area (TPSA) is 50.5 Å². The van der Waals surface area contributed by atoms with Crippen molar-refractivity contribution in [2.75, 3.05) is 4.90 Å². The van der Waals surface area contributed by atoms with Crippen LogP contribution in [0.25, 0.3) is 0 Å². The number of halogens is 1. The largest absolute Gasteiger partial charge is 0.456 e. The molecule has 2 aromatic rings. The zero-order valence-corrected chi connectivity index (χ0v) is 10.6. The molecule has 0 saturated heterocycles. The van der Waals surface area contributed by atoms with Crippen LogP contribution in [0.2, 0.25) is 0 Å².